The van der Waals surface area contributed by atoms with E-state index in [-0.39, 0.29) is 0 Å². The Labute approximate surface area is 118 Å². The van der Waals surface area contributed by atoms with E-state index in [1.807, 2.05) is 6.07 Å². The number of rotatable bonds is 6. The lowest BCUT2D eigenvalue weighted by Gasteiger charge is -2.20. The van der Waals surface area contributed by atoms with Gasteiger partial charge in [-0.1, -0.05) is 44.2 Å². The zero-order valence-electron chi connectivity index (χ0n) is 11.4. The van der Waals surface area contributed by atoms with E-state index in [4.69, 9.17) is 5.73 Å². The average Bonchev–Trinajstić information content (AvgIpc) is 2.89. The molecule has 0 saturated carbocycles. The summed E-state index contributed by atoms with van der Waals surface area (Å²) in [5.74, 6) is 1.27. The van der Waals surface area contributed by atoms with Crippen molar-refractivity contribution in [2.24, 2.45) is 5.73 Å². The maximum absolute atomic E-state index is 5.70. The third-order valence-electron chi connectivity index (χ3n) is 2.83. The van der Waals surface area contributed by atoms with E-state index in [2.05, 4.69) is 52.4 Å². The highest BCUT2D eigenvalue weighted by molar-refractivity contribution is 7.09. The Kier molecular flexibility index (Phi) is 4.87. The lowest BCUT2D eigenvalue weighted by atomic mass is 10.2. The predicted molar refractivity (Wildman–Crippen MR) is 80.5 cm³/mol. The molecule has 0 bridgehead atoms. The molecule has 1 heterocycles. The number of anilines is 1. The maximum atomic E-state index is 5.70. The number of nitrogens with two attached hydrogens (primary N) is 1. The molecule has 0 aliphatic carbocycles. The Morgan fingerprint density at radius 2 is 2.00 bits per heavy atom. The summed E-state index contributed by atoms with van der Waals surface area (Å²) in [6, 6.07) is 10.4. The lowest BCUT2D eigenvalue weighted by Crippen LogP contribution is -2.28. The molecule has 102 valence electrons. The van der Waals surface area contributed by atoms with Crippen molar-refractivity contribution in [3.05, 3.63) is 41.7 Å². The number of nitrogens with zero attached hydrogens (tertiary/aromatic N) is 3. The Balaban J connectivity index is 2.14. The Bertz CT molecular complexity index is 495. The fourth-order valence-electron chi connectivity index (χ4n) is 1.79. The van der Waals surface area contributed by atoms with Crippen LogP contribution in [0.5, 0.6) is 0 Å². The van der Waals surface area contributed by atoms with Crippen molar-refractivity contribution >= 4 is 16.7 Å². The summed E-state index contributed by atoms with van der Waals surface area (Å²) >= 11 is 1.45. The minimum absolute atomic E-state index is 0.362. The van der Waals surface area contributed by atoms with Crippen LogP contribution in [0.4, 0.5) is 5.13 Å². The molecule has 0 atom stereocenters. The van der Waals surface area contributed by atoms with Gasteiger partial charge in [0.05, 0.1) is 0 Å². The quantitative estimate of drug-likeness (QED) is 0.881. The van der Waals surface area contributed by atoms with Crippen molar-refractivity contribution in [2.45, 2.75) is 26.3 Å². The molecule has 0 aliphatic heterocycles. The maximum Gasteiger partial charge on any atom is 0.205 e. The largest absolute Gasteiger partial charge is 0.341 e. The Morgan fingerprint density at radius 1 is 1.26 bits per heavy atom. The van der Waals surface area contributed by atoms with Crippen LogP contribution in [-0.4, -0.2) is 22.4 Å². The molecule has 2 N–H and O–H groups in total. The second-order valence-electron chi connectivity index (χ2n) is 4.79. The van der Waals surface area contributed by atoms with Crippen LogP contribution in [0, 0.1) is 0 Å². The molecule has 2 aromatic rings. The van der Waals surface area contributed by atoms with Crippen LogP contribution in [0.25, 0.3) is 0 Å². The van der Waals surface area contributed by atoms with Gasteiger partial charge in [-0.15, -0.1) is 0 Å². The summed E-state index contributed by atoms with van der Waals surface area (Å²) in [7, 11) is 0. The molecular formula is C14H20N4S. The minimum Gasteiger partial charge on any atom is -0.341 e. The van der Waals surface area contributed by atoms with Crippen LogP contribution >= 0.6 is 11.5 Å². The highest BCUT2D eigenvalue weighted by Crippen LogP contribution is 2.22. The summed E-state index contributed by atoms with van der Waals surface area (Å²) in [6.07, 6.45) is 0. The third kappa shape index (κ3) is 3.75. The minimum atomic E-state index is 0.362. The van der Waals surface area contributed by atoms with Gasteiger partial charge in [-0.3, -0.25) is 0 Å². The lowest BCUT2D eigenvalue weighted by molar-refractivity contribution is 0.763. The fraction of sp³-hybridized carbons (Fsp3) is 0.429. The fourth-order valence-corrected chi connectivity index (χ4v) is 2.62. The number of hydrogen-bond acceptors (Lipinski definition) is 5. The summed E-state index contributed by atoms with van der Waals surface area (Å²) in [4.78, 5) is 6.80. The van der Waals surface area contributed by atoms with Crippen molar-refractivity contribution in [2.75, 3.05) is 18.0 Å². The summed E-state index contributed by atoms with van der Waals surface area (Å²) in [6.45, 7) is 6.45. The van der Waals surface area contributed by atoms with Gasteiger partial charge in [0.1, 0.15) is 5.82 Å². The number of hydrogen-bond donors (Lipinski definition) is 1. The van der Waals surface area contributed by atoms with E-state index in [1.165, 1.54) is 17.1 Å². The van der Waals surface area contributed by atoms with Gasteiger partial charge in [0, 0.05) is 37.1 Å². The van der Waals surface area contributed by atoms with Gasteiger partial charge in [-0.2, -0.15) is 4.37 Å². The molecule has 0 amide bonds. The third-order valence-corrected chi connectivity index (χ3v) is 3.62. The molecule has 5 heteroatoms. The van der Waals surface area contributed by atoms with Crippen LogP contribution in [0.1, 0.15) is 31.2 Å². The topological polar surface area (TPSA) is 55.0 Å². The van der Waals surface area contributed by atoms with Gasteiger partial charge in [-0.05, 0) is 5.56 Å². The molecule has 4 nitrogen and oxygen atoms in total. The van der Waals surface area contributed by atoms with Crippen molar-refractivity contribution in [3.8, 4) is 0 Å². The molecule has 0 fully saturated rings. The van der Waals surface area contributed by atoms with Crippen molar-refractivity contribution in [3.63, 3.8) is 0 Å². The second-order valence-corrected chi connectivity index (χ2v) is 5.52. The highest BCUT2D eigenvalue weighted by atomic mass is 32.1. The van der Waals surface area contributed by atoms with Crippen LogP contribution in [0.2, 0.25) is 0 Å². The van der Waals surface area contributed by atoms with Crippen LogP contribution in [-0.2, 0) is 6.54 Å². The molecule has 1 aromatic carbocycles. The Morgan fingerprint density at radius 3 is 2.58 bits per heavy atom. The van der Waals surface area contributed by atoms with Gasteiger partial charge >= 0.3 is 0 Å². The number of benzene rings is 1. The first-order valence-corrected chi connectivity index (χ1v) is 7.30. The van der Waals surface area contributed by atoms with Crippen molar-refractivity contribution < 1.29 is 0 Å². The average molecular weight is 276 g/mol. The van der Waals surface area contributed by atoms with Crippen molar-refractivity contribution in [1.29, 1.82) is 0 Å². The molecule has 19 heavy (non-hydrogen) atoms. The van der Waals surface area contributed by atoms with Gasteiger partial charge in [0.2, 0.25) is 5.13 Å². The van der Waals surface area contributed by atoms with Gasteiger partial charge in [0.25, 0.3) is 0 Å². The molecule has 2 rings (SSSR count). The molecule has 0 spiro atoms. The molecule has 0 saturated heterocycles. The summed E-state index contributed by atoms with van der Waals surface area (Å²) in [5.41, 5.74) is 6.96. The van der Waals surface area contributed by atoms with Crippen LogP contribution < -0.4 is 10.6 Å². The molecule has 0 radical (unpaired) electrons. The highest BCUT2D eigenvalue weighted by Gasteiger charge is 2.14. The normalized spacial score (nSPS) is 10.9. The van der Waals surface area contributed by atoms with E-state index in [0.717, 1.165) is 24.0 Å². The van der Waals surface area contributed by atoms with Gasteiger partial charge in [0.15, 0.2) is 0 Å². The van der Waals surface area contributed by atoms with Crippen molar-refractivity contribution in [1.82, 2.24) is 9.36 Å². The standard InChI is InChI=1S/C14H20N4S/c1-11(2)13-16-14(19-17-13)18(9-8-15)10-12-6-4-3-5-7-12/h3-7,11H,8-10,15H2,1-2H3. The first-order chi connectivity index (χ1) is 9.20. The smallest absolute Gasteiger partial charge is 0.205 e. The van der Waals surface area contributed by atoms with E-state index in [0.29, 0.717) is 12.5 Å². The van der Waals surface area contributed by atoms with E-state index in [9.17, 15) is 0 Å². The van der Waals surface area contributed by atoms with E-state index >= 15 is 0 Å². The molecule has 1 aromatic heterocycles. The monoisotopic (exact) mass is 276 g/mol. The molecule has 0 unspecified atom stereocenters. The van der Waals surface area contributed by atoms with Gasteiger partial charge in [-0.25, -0.2) is 4.98 Å². The first-order valence-electron chi connectivity index (χ1n) is 6.53. The van der Waals surface area contributed by atoms with Crippen LogP contribution in [0.3, 0.4) is 0 Å². The van der Waals surface area contributed by atoms with Crippen LogP contribution in [0.15, 0.2) is 30.3 Å². The van der Waals surface area contributed by atoms with E-state index < -0.39 is 0 Å². The van der Waals surface area contributed by atoms with Gasteiger partial charge < -0.3 is 10.6 Å². The summed E-state index contributed by atoms with van der Waals surface area (Å²) in [5, 5.41) is 0.956. The zero-order valence-corrected chi connectivity index (χ0v) is 12.2. The number of aromatic nitrogens is 2. The summed E-state index contributed by atoms with van der Waals surface area (Å²) < 4.78 is 4.41. The van der Waals surface area contributed by atoms with E-state index in [1.54, 1.807) is 0 Å². The predicted octanol–water partition coefficient (Wildman–Crippen LogP) is 2.63. The Hall–Kier alpha value is -1.46. The zero-order chi connectivity index (χ0) is 13.7. The first kappa shape index (κ1) is 14.0. The SMILES string of the molecule is CC(C)c1nsc(N(CCN)Cc2ccccc2)n1. The molecular weight excluding hydrogens is 256 g/mol. The molecule has 0 aliphatic rings. The second kappa shape index (κ2) is 6.63.